The van der Waals surface area contributed by atoms with Crippen LogP contribution in [0.2, 0.25) is 0 Å². The van der Waals surface area contributed by atoms with Gasteiger partial charge in [0.05, 0.1) is 13.5 Å². The highest BCUT2D eigenvalue weighted by Gasteiger charge is 2.11. The number of nitrogens with one attached hydrogen (secondary N) is 4. The molecule has 4 N–H and O–H groups in total. The summed E-state index contributed by atoms with van der Waals surface area (Å²) in [5.74, 6) is 0.0105. The SMILES string of the molecule is COc1ccc2[nH]cc(CC(=O)NNC(=O)c3ccc[nH]3)c2c1. The van der Waals surface area contributed by atoms with Crippen molar-refractivity contribution in [2.24, 2.45) is 0 Å². The van der Waals surface area contributed by atoms with E-state index in [1.165, 1.54) is 0 Å². The monoisotopic (exact) mass is 312 g/mol. The maximum Gasteiger partial charge on any atom is 0.286 e. The van der Waals surface area contributed by atoms with Gasteiger partial charge in [0.15, 0.2) is 0 Å². The molecule has 0 radical (unpaired) electrons. The highest BCUT2D eigenvalue weighted by molar-refractivity contribution is 5.94. The van der Waals surface area contributed by atoms with E-state index in [1.807, 2.05) is 18.2 Å². The quantitative estimate of drug-likeness (QED) is 0.549. The minimum absolute atomic E-state index is 0.137. The number of hydrogen-bond donors (Lipinski definition) is 4. The van der Waals surface area contributed by atoms with Gasteiger partial charge in [0, 0.05) is 23.3 Å². The number of methoxy groups -OCH3 is 1. The second-order valence-electron chi connectivity index (χ2n) is 4.99. The Kier molecular flexibility index (Phi) is 4.01. The van der Waals surface area contributed by atoms with Crippen molar-refractivity contribution >= 4 is 22.7 Å². The number of hydrogen-bond acceptors (Lipinski definition) is 3. The number of benzene rings is 1. The van der Waals surface area contributed by atoms with E-state index in [9.17, 15) is 9.59 Å². The lowest BCUT2D eigenvalue weighted by Crippen LogP contribution is -2.42. The molecular weight excluding hydrogens is 296 g/mol. The number of aromatic nitrogens is 2. The molecule has 0 saturated heterocycles. The van der Waals surface area contributed by atoms with Crippen LogP contribution in [-0.2, 0) is 11.2 Å². The van der Waals surface area contributed by atoms with Crippen LogP contribution in [0.5, 0.6) is 5.75 Å². The maximum absolute atomic E-state index is 12.0. The Labute approximate surface area is 132 Å². The number of amides is 2. The lowest BCUT2D eigenvalue weighted by Gasteiger charge is -2.06. The summed E-state index contributed by atoms with van der Waals surface area (Å²) in [4.78, 5) is 29.6. The number of hydrazine groups is 1. The first-order valence-electron chi connectivity index (χ1n) is 7.04. The Morgan fingerprint density at radius 2 is 2.04 bits per heavy atom. The zero-order chi connectivity index (χ0) is 16.2. The molecule has 2 aromatic heterocycles. The molecular formula is C16H16N4O3. The maximum atomic E-state index is 12.0. The van der Waals surface area contributed by atoms with Crippen molar-refractivity contribution in [2.45, 2.75) is 6.42 Å². The normalized spacial score (nSPS) is 10.5. The zero-order valence-corrected chi connectivity index (χ0v) is 12.5. The molecule has 3 aromatic rings. The molecule has 0 bridgehead atoms. The van der Waals surface area contributed by atoms with E-state index in [2.05, 4.69) is 20.8 Å². The van der Waals surface area contributed by atoms with Crippen molar-refractivity contribution in [2.75, 3.05) is 7.11 Å². The summed E-state index contributed by atoms with van der Waals surface area (Å²) in [5.41, 5.74) is 6.88. The molecule has 3 rings (SSSR count). The predicted octanol–water partition coefficient (Wildman–Crippen LogP) is 1.51. The summed E-state index contributed by atoms with van der Waals surface area (Å²) < 4.78 is 5.20. The molecule has 2 heterocycles. The first-order valence-corrected chi connectivity index (χ1v) is 7.04. The van der Waals surface area contributed by atoms with Crippen molar-refractivity contribution in [3.05, 3.63) is 54.0 Å². The van der Waals surface area contributed by atoms with Crippen LogP contribution in [-0.4, -0.2) is 28.9 Å². The highest BCUT2D eigenvalue weighted by Crippen LogP contribution is 2.23. The van der Waals surface area contributed by atoms with E-state index >= 15 is 0 Å². The molecule has 0 saturated carbocycles. The van der Waals surface area contributed by atoms with Gasteiger partial charge in [-0.25, -0.2) is 0 Å². The number of carbonyl (C=O) groups is 2. The summed E-state index contributed by atoms with van der Waals surface area (Å²) in [6, 6.07) is 8.93. The molecule has 118 valence electrons. The molecule has 7 nitrogen and oxygen atoms in total. The van der Waals surface area contributed by atoms with Crippen molar-refractivity contribution in [1.82, 2.24) is 20.8 Å². The van der Waals surface area contributed by atoms with Crippen LogP contribution in [0.3, 0.4) is 0 Å². The number of ether oxygens (including phenoxy) is 1. The van der Waals surface area contributed by atoms with Crippen molar-refractivity contribution in [3.8, 4) is 5.75 Å². The Hall–Kier alpha value is -3.22. The van der Waals surface area contributed by atoms with Gasteiger partial charge in [-0.15, -0.1) is 0 Å². The number of rotatable bonds is 4. The third-order valence-corrected chi connectivity index (χ3v) is 3.48. The molecule has 1 aromatic carbocycles. The molecule has 0 aliphatic rings. The van der Waals surface area contributed by atoms with Crippen LogP contribution in [0.4, 0.5) is 0 Å². The summed E-state index contributed by atoms with van der Waals surface area (Å²) >= 11 is 0. The van der Waals surface area contributed by atoms with E-state index in [-0.39, 0.29) is 12.3 Å². The lowest BCUT2D eigenvalue weighted by atomic mass is 10.1. The van der Waals surface area contributed by atoms with Crippen LogP contribution >= 0.6 is 0 Å². The number of aromatic amines is 2. The van der Waals surface area contributed by atoms with Crippen LogP contribution in [0, 0.1) is 0 Å². The fourth-order valence-electron chi connectivity index (χ4n) is 2.31. The topological polar surface area (TPSA) is 99.0 Å². The van der Waals surface area contributed by atoms with Gasteiger partial charge in [0.2, 0.25) is 5.91 Å². The highest BCUT2D eigenvalue weighted by atomic mass is 16.5. The van der Waals surface area contributed by atoms with E-state index in [4.69, 9.17) is 4.74 Å². The number of carbonyl (C=O) groups excluding carboxylic acids is 2. The molecule has 23 heavy (non-hydrogen) atoms. The molecule has 0 aliphatic heterocycles. The number of fused-ring (bicyclic) bond motifs is 1. The van der Waals surface area contributed by atoms with Crippen LogP contribution in [0.1, 0.15) is 16.1 Å². The molecule has 0 aliphatic carbocycles. The first-order chi connectivity index (χ1) is 11.2. The summed E-state index contributed by atoms with van der Waals surface area (Å²) in [7, 11) is 1.59. The fraction of sp³-hybridized carbons (Fsp3) is 0.125. The standard InChI is InChI=1S/C16H16N4O3/c1-23-11-4-5-13-12(8-11)10(9-18-13)7-15(21)19-20-16(22)14-3-2-6-17-14/h2-6,8-9,17-18H,7H2,1H3,(H,19,21)(H,20,22). The van der Waals surface area contributed by atoms with Gasteiger partial charge in [-0.3, -0.25) is 20.4 Å². The average Bonchev–Trinajstić information content (AvgIpc) is 3.22. The van der Waals surface area contributed by atoms with Gasteiger partial charge in [-0.1, -0.05) is 0 Å². The van der Waals surface area contributed by atoms with E-state index in [0.29, 0.717) is 5.69 Å². The van der Waals surface area contributed by atoms with Crippen LogP contribution in [0.15, 0.2) is 42.7 Å². The van der Waals surface area contributed by atoms with E-state index in [1.54, 1.807) is 31.6 Å². The second-order valence-corrected chi connectivity index (χ2v) is 4.99. The van der Waals surface area contributed by atoms with Crippen molar-refractivity contribution < 1.29 is 14.3 Å². The third kappa shape index (κ3) is 3.18. The summed E-state index contributed by atoms with van der Waals surface area (Å²) in [6.45, 7) is 0. The van der Waals surface area contributed by atoms with Crippen LogP contribution in [0.25, 0.3) is 10.9 Å². The predicted molar refractivity (Wildman–Crippen MR) is 85.0 cm³/mol. The largest absolute Gasteiger partial charge is 0.497 e. The van der Waals surface area contributed by atoms with Gasteiger partial charge in [-0.05, 0) is 35.9 Å². The Balaban J connectivity index is 1.65. The Morgan fingerprint density at radius 3 is 2.78 bits per heavy atom. The van der Waals surface area contributed by atoms with E-state index in [0.717, 1.165) is 22.2 Å². The van der Waals surface area contributed by atoms with E-state index < -0.39 is 5.91 Å². The van der Waals surface area contributed by atoms with Crippen molar-refractivity contribution in [1.29, 1.82) is 0 Å². The van der Waals surface area contributed by atoms with Gasteiger partial charge < -0.3 is 14.7 Å². The fourth-order valence-corrected chi connectivity index (χ4v) is 2.31. The summed E-state index contributed by atoms with van der Waals surface area (Å²) in [5, 5.41) is 0.912. The second kappa shape index (κ2) is 6.27. The number of H-pyrrole nitrogens is 2. The molecule has 0 unspecified atom stereocenters. The molecule has 0 atom stereocenters. The Morgan fingerprint density at radius 1 is 1.17 bits per heavy atom. The first kappa shape index (κ1) is 14.7. The molecule has 0 fully saturated rings. The molecule has 2 amide bonds. The minimum Gasteiger partial charge on any atom is -0.497 e. The minimum atomic E-state index is -0.399. The molecule has 7 heteroatoms. The van der Waals surface area contributed by atoms with Crippen LogP contribution < -0.4 is 15.6 Å². The summed E-state index contributed by atoms with van der Waals surface area (Å²) in [6.07, 6.45) is 3.55. The van der Waals surface area contributed by atoms with Crippen molar-refractivity contribution in [3.63, 3.8) is 0 Å². The zero-order valence-electron chi connectivity index (χ0n) is 12.5. The third-order valence-electron chi connectivity index (χ3n) is 3.48. The smallest absolute Gasteiger partial charge is 0.286 e. The van der Waals surface area contributed by atoms with Gasteiger partial charge in [0.1, 0.15) is 11.4 Å². The van der Waals surface area contributed by atoms with Gasteiger partial charge >= 0.3 is 0 Å². The molecule has 0 spiro atoms. The van der Waals surface area contributed by atoms with Gasteiger partial charge in [0.25, 0.3) is 5.91 Å². The Bertz CT molecular complexity index is 836. The van der Waals surface area contributed by atoms with Gasteiger partial charge in [-0.2, -0.15) is 0 Å². The lowest BCUT2D eigenvalue weighted by molar-refractivity contribution is -0.121. The average molecular weight is 312 g/mol.